The van der Waals surface area contributed by atoms with Gasteiger partial charge in [0.2, 0.25) is 0 Å². The van der Waals surface area contributed by atoms with E-state index < -0.39 is 0 Å². The van der Waals surface area contributed by atoms with Crippen LogP contribution >= 0.6 is 0 Å². The van der Waals surface area contributed by atoms with Crippen LogP contribution in [0, 0.1) is 0 Å². The zero-order chi connectivity index (χ0) is 13.4. The lowest BCUT2D eigenvalue weighted by molar-refractivity contribution is 0.231. The molecule has 0 unspecified atom stereocenters. The van der Waals surface area contributed by atoms with Crippen LogP contribution in [0.3, 0.4) is 0 Å². The summed E-state index contributed by atoms with van der Waals surface area (Å²) in [7, 11) is 0. The molecule has 0 bridgehead atoms. The van der Waals surface area contributed by atoms with Gasteiger partial charge in [-0.1, -0.05) is 12.1 Å². The number of benzene rings is 1. The maximum absolute atomic E-state index is 8.95. The van der Waals surface area contributed by atoms with Gasteiger partial charge in [0.05, 0.1) is 6.61 Å². The highest BCUT2D eigenvalue weighted by atomic mass is 16.5. The molecular formula is C15H25NO2. The van der Waals surface area contributed by atoms with E-state index in [-0.39, 0.29) is 12.1 Å². The number of nitrogens with one attached hydrogen (secondary N) is 1. The summed E-state index contributed by atoms with van der Waals surface area (Å²) >= 11 is 0. The Balaban J connectivity index is 2.35. The molecule has 0 atom stereocenters. The molecule has 3 heteroatoms. The first-order chi connectivity index (χ1) is 8.57. The van der Waals surface area contributed by atoms with Crippen molar-refractivity contribution in [2.24, 2.45) is 0 Å². The van der Waals surface area contributed by atoms with Crippen LogP contribution in [0.4, 0.5) is 0 Å². The molecule has 0 radical (unpaired) electrons. The van der Waals surface area contributed by atoms with Crippen molar-refractivity contribution in [3.8, 4) is 5.75 Å². The summed E-state index contributed by atoms with van der Waals surface area (Å²) in [5.41, 5.74) is 1.30. The van der Waals surface area contributed by atoms with E-state index in [0.29, 0.717) is 6.61 Å². The SMILES string of the molecule is CCOc1ccc(CCNC(C)(C)CCO)cc1. The second-order valence-corrected chi connectivity index (χ2v) is 5.11. The minimum Gasteiger partial charge on any atom is -0.494 e. The molecule has 0 saturated carbocycles. The number of aliphatic hydroxyl groups is 1. The molecule has 0 aliphatic carbocycles. The second-order valence-electron chi connectivity index (χ2n) is 5.11. The molecule has 18 heavy (non-hydrogen) atoms. The number of hydrogen-bond acceptors (Lipinski definition) is 3. The van der Waals surface area contributed by atoms with Crippen molar-refractivity contribution in [3.05, 3.63) is 29.8 Å². The molecule has 2 N–H and O–H groups in total. The van der Waals surface area contributed by atoms with Gasteiger partial charge < -0.3 is 15.2 Å². The van der Waals surface area contributed by atoms with Crippen molar-refractivity contribution >= 4 is 0 Å². The van der Waals surface area contributed by atoms with Crippen LogP contribution in [0.2, 0.25) is 0 Å². The molecule has 0 aliphatic heterocycles. The molecule has 102 valence electrons. The lowest BCUT2D eigenvalue weighted by atomic mass is 10.0. The molecule has 0 fully saturated rings. The fourth-order valence-electron chi connectivity index (χ4n) is 1.83. The van der Waals surface area contributed by atoms with Crippen molar-refractivity contribution in [2.45, 2.75) is 39.2 Å². The predicted molar refractivity (Wildman–Crippen MR) is 75.1 cm³/mol. The van der Waals surface area contributed by atoms with Gasteiger partial charge in [-0.25, -0.2) is 0 Å². The van der Waals surface area contributed by atoms with Crippen LogP contribution in [0.1, 0.15) is 32.8 Å². The first-order valence-corrected chi connectivity index (χ1v) is 6.65. The molecule has 0 aliphatic rings. The predicted octanol–water partition coefficient (Wildman–Crippen LogP) is 2.38. The zero-order valence-electron chi connectivity index (χ0n) is 11.7. The Morgan fingerprint density at radius 3 is 2.44 bits per heavy atom. The highest BCUT2D eigenvalue weighted by molar-refractivity contribution is 5.27. The Labute approximate surface area is 110 Å². The topological polar surface area (TPSA) is 41.5 Å². The number of ether oxygens (including phenoxy) is 1. The Morgan fingerprint density at radius 1 is 1.22 bits per heavy atom. The minimum atomic E-state index is 0.0000123. The van der Waals surface area contributed by atoms with Gasteiger partial charge in [0.25, 0.3) is 0 Å². The molecule has 1 rings (SSSR count). The van der Waals surface area contributed by atoms with Gasteiger partial charge in [-0.15, -0.1) is 0 Å². The highest BCUT2D eigenvalue weighted by Gasteiger charge is 2.15. The summed E-state index contributed by atoms with van der Waals surface area (Å²) in [6, 6.07) is 8.23. The van der Waals surface area contributed by atoms with Gasteiger partial charge >= 0.3 is 0 Å². The third-order valence-corrected chi connectivity index (χ3v) is 2.99. The summed E-state index contributed by atoms with van der Waals surface area (Å²) in [4.78, 5) is 0. The van der Waals surface area contributed by atoms with E-state index in [9.17, 15) is 0 Å². The number of rotatable bonds is 8. The van der Waals surface area contributed by atoms with E-state index in [1.54, 1.807) is 0 Å². The summed E-state index contributed by atoms with van der Waals surface area (Å²) in [5.74, 6) is 0.926. The summed E-state index contributed by atoms with van der Waals surface area (Å²) < 4.78 is 5.41. The maximum Gasteiger partial charge on any atom is 0.119 e. The molecule has 0 aromatic heterocycles. The van der Waals surface area contributed by atoms with Gasteiger partial charge in [0.15, 0.2) is 0 Å². The Kier molecular flexibility index (Phi) is 6.16. The quantitative estimate of drug-likeness (QED) is 0.745. The van der Waals surface area contributed by atoms with Gasteiger partial charge in [0.1, 0.15) is 5.75 Å². The Hall–Kier alpha value is -1.06. The van der Waals surface area contributed by atoms with E-state index in [2.05, 4.69) is 31.3 Å². The fraction of sp³-hybridized carbons (Fsp3) is 0.600. The average molecular weight is 251 g/mol. The normalized spacial score (nSPS) is 11.6. The minimum absolute atomic E-state index is 0.0000123. The molecule has 0 spiro atoms. The van der Waals surface area contributed by atoms with Crippen molar-refractivity contribution in [3.63, 3.8) is 0 Å². The van der Waals surface area contributed by atoms with Crippen molar-refractivity contribution in [1.29, 1.82) is 0 Å². The van der Waals surface area contributed by atoms with Gasteiger partial charge in [-0.2, -0.15) is 0 Å². The van der Waals surface area contributed by atoms with Crippen LogP contribution < -0.4 is 10.1 Å². The molecule has 3 nitrogen and oxygen atoms in total. The van der Waals surface area contributed by atoms with Crippen LogP contribution in [0.15, 0.2) is 24.3 Å². The lowest BCUT2D eigenvalue weighted by Gasteiger charge is -2.25. The summed E-state index contributed by atoms with van der Waals surface area (Å²) in [6.07, 6.45) is 1.76. The number of aliphatic hydroxyl groups excluding tert-OH is 1. The molecule has 0 heterocycles. The van der Waals surface area contributed by atoms with E-state index in [1.807, 2.05) is 19.1 Å². The third kappa shape index (κ3) is 5.52. The van der Waals surface area contributed by atoms with Gasteiger partial charge in [-0.05, 0) is 57.9 Å². The van der Waals surface area contributed by atoms with Crippen LogP contribution in [-0.4, -0.2) is 30.4 Å². The van der Waals surface area contributed by atoms with Gasteiger partial charge in [-0.3, -0.25) is 0 Å². The molecule has 1 aromatic carbocycles. The lowest BCUT2D eigenvalue weighted by Crippen LogP contribution is -2.41. The van der Waals surface area contributed by atoms with E-state index >= 15 is 0 Å². The standard InChI is InChI=1S/C15H25NO2/c1-4-18-14-7-5-13(6-8-14)9-11-16-15(2,3)10-12-17/h5-8,16-17H,4,9-12H2,1-3H3. The van der Waals surface area contributed by atoms with Crippen LogP contribution in [-0.2, 0) is 6.42 Å². The number of hydrogen-bond donors (Lipinski definition) is 2. The fourth-order valence-corrected chi connectivity index (χ4v) is 1.83. The maximum atomic E-state index is 8.95. The van der Waals surface area contributed by atoms with E-state index in [0.717, 1.165) is 25.1 Å². The van der Waals surface area contributed by atoms with Gasteiger partial charge in [0, 0.05) is 12.1 Å². The van der Waals surface area contributed by atoms with E-state index in [4.69, 9.17) is 9.84 Å². The molecule has 0 amide bonds. The molecule has 1 aromatic rings. The summed E-state index contributed by atoms with van der Waals surface area (Å²) in [5, 5.41) is 12.4. The van der Waals surface area contributed by atoms with Crippen molar-refractivity contribution in [1.82, 2.24) is 5.32 Å². The first-order valence-electron chi connectivity index (χ1n) is 6.65. The molecule has 0 saturated heterocycles. The average Bonchev–Trinajstić information content (AvgIpc) is 2.31. The largest absolute Gasteiger partial charge is 0.494 e. The van der Waals surface area contributed by atoms with Crippen molar-refractivity contribution in [2.75, 3.05) is 19.8 Å². The zero-order valence-corrected chi connectivity index (χ0v) is 11.7. The van der Waals surface area contributed by atoms with Crippen LogP contribution in [0.5, 0.6) is 5.75 Å². The summed E-state index contributed by atoms with van der Waals surface area (Å²) in [6.45, 7) is 8.06. The van der Waals surface area contributed by atoms with Crippen LogP contribution in [0.25, 0.3) is 0 Å². The Morgan fingerprint density at radius 2 is 1.89 bits per heavy atom. The van der Waals surface area contributed by atoms with Crippen molar-refractivity contribution < 1.29 is 9.84 Å². The monoisotopic (exact) mass is 251 g/mol. The third-order valence-electron chi connectivity index (χ3n) is 2.99. The second kappa shape index (κ2) is 7.39. The highest BCUT2D eigenvalue weighted by Crippen LogP contribution is 2.13. The Bertz CT molecular complexity index is 333. The molecular weight excluding hydrogens is 226 g/mol. The van der Waals surface area contributed by atoms with E-state index in [1.165, 1.54) is 5.56 Å². The first kappa shape index (κ1) is 15.0. The smallest absolute Gasteiger partial charge is 0.119 e.